The van der Waals surface area contributed by atoms with Gasteiger partial charge < -0.3 is 10.1 Å². The summed E-state index contributed by atoms with van der Waals surface area (Å²) in [6.45, 7) is 4.29. The fraction of sp³-hybridized carbons (Fsp3) is 0.333. The van der Waals surface area contributed by atoms with E-state index in [1.54, 1.807) is 18.4 Å². The molecule has 0 radical (unpaired) electrons. The molecule has 0 fully saturated rings. The molecule has 2 nitrogen and oxygen atoms in total. The van der Waals surface area contributed by atoms with Gasteiger partial charge in [0.15, 0.2) is 0 Å². The van der Waals surface area contributed by atoms with E-state index in [0.717, 1.165) is 5.75 Å². The van der Waals surface area contributed by atoms with Crippen molar-refractivity contribution in [2.24, 2.45) is 0 Å². The van der Waals surface area contributed by atoms with Crippen LogP contribution in [0.1, 0.15) is 28.3 Å². The number of rotatable bonds is 4. The molecular weight excluding hydrogens is 242 g/mol. The number of thiophene rings is 1. The quantitative estimate of drug-likeness (QED) is 0.906. The molecule has 0 bridgehead atoms. The zero-order valence-electron chi connectivity index (χ0n) is 11.3. The van der Waals surface area contributed by atoms with Gasteiger partial charge in [-0.3, -0.25) is 0 Å². The van der Waals surface area contributed by atoms with E-state index in [9.17, 15) is 0 Å². The molecule has 1 aromatic heterocycles. The highest BCUT2D eigenvalue weighted by atomic mass is 32.1. The van der Waals surface area contributed by atoms with Crippen LogP contribution in [0.3, 0.4) is 0 Å². The molecule has 0 aliphatic heterocycles. The lowest BCUT2D eigenvalue weighted by molar-refractivity contribution is 0.414. The van der Waals surface area contributed by atoms with Crippen LogP contribution in [0, 0.1) is 13.8 Å². The molecule has 0 aliphatic rings. The van der Waals surface area contributed by atoms with Gasteiger partial charge in [-0.15, -0.1) is 0 Å². The molecule has 2 rings (SSSR count). The number of benzene rings is 1. The maximum Gasteiger partial charge on any atom is 0.119 e. The van der Waals surface area contributed by atoms with E-state index in [4.69, 9.17) is 4.74 Å². The number of ether oxygens (including phenoxy) is 1. The second-order valence-corrected chi connectivity index (χ2v) is 5.20. The SMILES string of the molecule is CNC(c1ccc(OC)cc1C)c1cscc1C. The van der Waals surface area contributed by atoms with Crippen LogP contribution >= 0.6 is 11.3 Å². The number of aryl methyl sites for hydroxylation is 2. The van der Waals surface area contributed by atoms with Gasteiger partial charge in [0.05, 0.1) is 13.2 Å². The smallest absolute Gasteiger partial charge is 0.119 e. The summed E-state index contributed by atoms with van der Waals surface area (Å²) in [6.07, 6.45) is 0. The van der Waals surface area contributed by atoms with E-state index in [2.05, 4.69) is 42.1 Å². The molecule has 1 atom stereocenters. The minimum Gasteiger partial charge on any atom is -0.497 e. The van der Waals surface area contributed by atoms with Gasteiger partial charge in [0, 0.05) is 0 Å². The largest absolute Gasteiger partial charge is 0.497 e. The molecule has 2 aromatic rings. The summed E-state index contributed by atoms with van der Waals surface area (Å²) in [5.74, 6) is 0.910. The lowest BCUT2D eigenvalue weighted by Crippen LogP contribution is -2.18. The van der Waals surface area contributed by atoms with Crippen LogP contribution in [0.25, 0.3) is 0 Å². The zero-order valence-corrected chi connectivity index (χ0v) is 12.1. The van der Waals surface area contributed by atoms with Crippen molar-refractivity contribution in [2.45, 2.75) is 19.9 Å². The average molecular weight is 261 g/mol. The van der Waals surface area contributed by atoms with Crippen molar-refractivity contribution in [3.8, 4) is 5.75 Å². The minimum absolute atomic E-state index is 0.252. The second kappa shape index (κ2) is 5.55. The first kappa shape index (κ1) is 13.1. The summed E-state index contributed by atoms with van der Waals surface area (Å²) in [5.41, 5.74) is 5.25. The van der Waals surface area contributed by atoms with Crippen LogP contribution in [0.5, 0.6) is 5.75 Å². The first-order valence-electron chi connectivity index (χ1n) is 6.02. The molecule has 1 unspecified atom stereocenters. The molecule has 1 aromatic carbocycles. The molecule has 0 amide bonds. The van der Waals surface area contributed by atoms with Gasteiger partial charge >= 0.3 is 0 Å². The van der Waals surface area contributed by atoms with Crippen LogP contribution in [0.2, 0.25) is 0 Å². The summed E-state index contributed by atoms with van der Waals surface area (Å²) in [4.78, 5) is 0. The molecule has 1 N–H and O–H groups in total. The molecule has 18 heavy (non-hydrogen) atoms. The molecule has 96 valence electrons. The van der Waals surface area contributed by atoms with Crippen molar-refractivity contribution in [2.75, 3.05) is 14.2 Å². The Bertz CT molecular complexity index is 533. The Labute approximate surface area is 113 Å². The van der Waals surface area contributed by atoms with Crippen LogP contribution in [0.4, 0.5) is 0 Å². The fourth-order valence-corrected chi connectivity index (χ4v) is 3.12. The molecule has 0 saturated heterocycles. The van der Waals surface area contributed by atoms with E-state index in [-0.39, 0.29) is 6.04 Å². The van der Waals surface area contributed by atoms with Gasteiger partial charge in [-0.1, -0.05) is 6.07 Å². The monoisotopic (exact) mass is 261 g/mol. The average Bonchev–Trinajstić information content (AvgIpc) is 2.78. The summed E-state index contributed by atoms with van der Waals surface area (Å²) >= 11 is 1.75. The van der Waals surface area contributed by atoms with Crippen molar-refractivity contribution in [1.29, 1.82) is 0 Å². The predicted molar refractivity (Wildman–Crippen MR) is 77.7 cm³/mol. The Morgan fingerprint density at radius 3 is 2.39 bits per heavy atom. The van der Waals surface area contributed by atoms with E-state index in [1.165, 1.54) is 22.3 Å². The van der Waals surface area contributed by atoms with E-state index < -0.39 is 0 Å². The molecule has 0 spiro atoms. The third kappa shape index (κ3) is 2.42. The Balaban J connectivity index is 2.42. The van der Waals surface area contributed by atoms with Crippen molar-refractivity contribution in [1.82, 2.24) is 5.32 Å². The predicted octanol–water partition coefficient (Wildman–Crippen LogP) is 3.68. The van der Waals surface area contributed by atoms with Crippen molar-refractivity contribution < 1.29 is 4.74 Å². The normalized spacial score (nSPS) is 12.4. The number of methoxy groups -OCH3 is 1. The Morgan fingerprint density at radius 2 is 1.89 bits per heavy atom. The van der Waals surface area contributed by atoms with Gasteiger partial charge in [0.1, 0.15) is 5.75 Å². The van der Waals surface area contributed by atoms with Crippen molar-refractivity contribution in [3.63, 3.8) is 0 Å². The van der Waals surface area contributed by atoms with Crippen molar-refractivity contribution >= 4 is 11.3 Å². The van der Waals surface area contributed by atoms with Crippen molar-refractivity contribution in [3.05, 3.63) is 51.2 Å². The highest BCUT2D eigenvalue weighted by molar-refractivity contribution is 7.08. The van der Waals surface area contributed by atoms with Gasteiger partial charge in [-0.05, 0) is 66.0 Å². The van der Waals surface area contributed by atoms with E-state index in [0.29, 0.717) is 0 Å². The summed E-state index contributed by atoms with van der Waals surface area (Å²) in [6, 6.07) is 6.50. The third-order valence-corrected chi connectivity index (χ3v) is 4.16. The van der Waals surface area contributed by atoms with Gasteiger partial charge in [-0.2, -0.15) is 11.3 Å². The van der Waals surface area contributed by atoms with Gasteiger partial charge in [-0.25, -0.2) is 0 Å². The maximum absolute atomic E-state index is 5.26. The van der Waals surface area contributed by atoms with Gasteiger partial charge in [0.25, 0.3) is 0 Å². The Kier molecular flexibility index (Phi) is 4.04. The Morgan fingerprint density at radius 1 is 1.11 bits per heavy atom. The van der Waals surface area contributed by atoms with Gasteiger partial charge in [0.2, 0.25) is 0 Å². The Hall–Kier alpha value is -1.32. The number of nitrogens with one attached hydrogen (secondary N) is 1. The topological polar surface area (TPSA) is 21.3 Å². The lowest BCUT2D eigenvalue weighted by Gasteiger charge is -2.19. The van der Waals surface area contributed by atoms with E-state index >= 15 is 0 Å². The van der Waals surface area contributed by atoms with E-state index in [1.807, 2.05) is 13.1 Å². The standard InChI is InChI=1S/C15H19NOS/c1-10-7-12(17-4)5-6-13(10)15(16-3)14-9-18-8-11(14)2/h5-9,15-16H,1-4H3. The maximum atomic E-state index is 5.26. The molecular formula is C15H19NOS. The molecule has 0 aliphatic carbocycles. The summed E-state index contributed by atoms with van der Waals surface area (Å²) in [7, 11) is 3.71. The third-order valence-electron chi connectivity index (χ3n) is 3.28. The van der Waals surface area contributed by atoms with Crippen LogP contribution in [0.15, 0.2) is 29.0 Å². The molecule has 3 heteroatoms. The minimum atomic E-state index is 0.252. The van der Waals surface area contributed by atoms with Crippen LogP contribution in [-0.2, 0) is 0 Å². The highest BCUT2D eigenvalue weighted by Gasteiger charge is 2.17. The fourth-order valence-electron chi connectivity index (χ4n) is 2.24. The molecule has 0 saturated carbocycles. The zero-order chi connectivity index (χ0) is 13.1. The lowest BCUT2D eigenvalue weighted by atomic mass is 9.95. The first-order valence-corrected chi connectivity index (χ1v) is 6.96. The summed E-state index contributed by atoms with van der Waals surface area (Å²) in [5, 5.41) is 7.82. The number of hydrogen-bond donors (Lipinski definition) is 1. The molecule has 1 heterocycles. The summed E-state index contributed by atoms with van der Waals surface area (Å²) < 4.78 is 5.26. The van der Waals surface area contributed by atoms with Crippen LogP contribution in [-0.4, -0.2) is 14.2 Å². The number of hydrogen-bond acceptors (Lipinski definition) is 3. The second-order valence-electron chi connectivity index (χ2n) is 4.45. The van der Waals surface area contributed by atoms with Crippen LogP contribution < -0.4 is 10.1 Å². The highest BCUT2D eigenvalue weighted by Crippen LogP contribution is 2.30. The first-order chi connectivity index (χ1) is 8.67.